The summed E-state index contributed by atoms with van der Waals surface area (Å²) in [5.74, 6) is 0.345. The van der Waals surface area contributed by atoms with Gasteiger partial charge in [0, 0.05) is 11.0 Å². The minimum atomic E-state index is -3.54. The molecular formula is C12H16BrClN2O2S. The quantitative estimate of drug-likeness (QED) is 0.859. The molecule has 1 saturated heterocycles. The highest BCUT2D eigenvalue weighted by atomic mass is 79.9. The SMILES string of the molecule is O=S(=O)(NC[C@@H]1CCCNC1)c1ccc(Br)cc1Cl. The molecular weight excluding hydrogens is 352 g/mol. The zero-order chi connectivity index (χ0) is 13.9. The fourth-order valence-corrected chi connectivity index (χ4v) is 4.25. The molecule has 2 N–H and O–H groups in total. The van der Waals surface area contributed by atoms with Crippen LogP contribution in [0.4, 0.5) is 0 Å². The average Bonchev–Trinajstić information content (AvgIpc) is 2.37. The maximum absolute atomic E-state index is 12.2. The molecule has 1 aliphatic heterocycles. The van der Waals surface area contributed by atoms with Crippen molar-refractivity contribution in [1.29, 1.82) is 0 Å². The molecule has 1 atom stereocenters. The van der Waals surface area contributed by atoms with Crippen molar-refractivity contribution in [2.45, 2.75) is 17.7 Å². The summed E-state index contributed by atoms with van der Waals surface area (Å²) in [6, 6.07) is 4.76. The molecule has 4 nitrogen and oxygen atoms in total. The normalized spacial score (nSPS) is 20.4. The largest absolute Gasteiger partial charge is 0.316 e. The highest BCUT2D eigenvalue weighted by molar-refractivity contribution is 9.10. The van der Waals surface area contributed by atoms with Gasteiger partial charge in [-0.05, 0) is 50.0 Å². The average molecular weight is 368 g/mol. The molecule has 0 radical (unpaired) electrons. The smallest absolute Gasteiger partial charge is 0.242 e. The van der Waals surface area contributed by atoms with Gasteiger partial charge in [-0.2, -0.15) is 0 Å². The highest BCUT2D eigenvalue weighted by Crippen LogP contribution is 2.25. The third kappa shape index (κ3) is 4.16. The van der Waals surface area contributed by atoms with E-state index >= 15 is 0 Å². The summed E-state index contributed by atoms with van der Waals surface area (Å²) >= 11 is 9.23. The van der Waals surface area contributed by atoms with Gasteiger partial charge >= 0.3 is 0 Å². The van der Waals surface area contributed by atoms with E-state index < -0.39 is 10.0 Å². The maximum Gasteiger partial charge on any atom is 0.242 e. The lowest BCUT2D eigenvalue weighted by molar-refractivity contribution is 0.376. The van der Waals surface area contributed by atoms with E-state index in [2.05, 4.69) is 26.0 Å². The summed E-state index contributed by atoms with van der Waals surface area (Å²) in [6.45, 7) is 2.32. The number of halogens is 2. The minimum absolute atomic E-state index is 0.126. The lowest BCUT2D eigenvalue weighted by atomic mass is 10.0. The Morgan fingerprint density at radius 2 is 2.26 bits per heavy atom. The topological polar surface area (TPSA) is 58.2 Å². The predicted molar refractivity (Wildman–Crippen MR) is 79.9 cm³/mol. The Labute approximate surface area is 127 Å². The van der Waals surface area contributed by atoms with Crippen LogP contribution in [0.15, 0.2) is 27.6 Å². The molecule has 19 heavy (non-hydrogen) atoms. The van der Waals surface area contributed by atoms with Crippen molar-refractivity contribution in [2.24, 2.45) is 5.92 Å². The van der Waals surface area contributed by atoms with Crippen molar-refractivity contribution < 1.29 is 8.42 Å². The van der Waals surface area contributed by atoms with Gasteiger partial charge in [0.1, 0.15) is 4.90 Å². The van der Waals surface area contributed by atoms with Crippen LogP contribution in [-0.2, 0) is 10.0 Å². The Morgan fingerprint density at radius 1 is 1.47 bits per heavy atom. The second kappa shape index (κ2) is 6.54. The zero-order valence-corrected chi connectivity index (χ0v) is 13.5. The first-order valence-electron chi connectivity index (χ1n) is 6.14. The van der Waals surface area contributed by atoms with Gasteiger partial charge < -0.3 is 5.32 Å². The molecule has 1 aromatic carbocycles. The Balaban J connectivity index is 2.05. The zero-order valence-electron chi connectivity index (χ0n) is 10.3. The number of rotatable bonds is 4. The summed E-state index contributed by atoms with van der Waals surface area (Å²) in [5.41, 5.74) is 0. The van der Waals surface area contributed by atoms with Crippen LogP contribution in [0.2, 0.25) is 5.02 Å². The number of nitrogens with one attached hydrogen (secondary N) is 2. The van der Waals surface area contributed by atoms with Gasteiger partial charge in [0.05, 0.1) is 5.02 Å². The first kappa shape index (κ1) is 15.3. The number of hydrogen-bond donors (Lipinski definition) is 2. The van der Waals surface area contributed by atoms with Crippen molar-refractivity contribution in [1.82, 2.24) is 10.0 Å². The van der Waals surface area contributed by atoms with Gasteiger partial charge in [-0.25, -0.2) is 13.1 Å². The van der Waals surface area contributed by atoms with Crippen LogP contribution in [0.1, 0.15) is 12.8 Å². The standard InChI is InChI=1S/C12H16BrClN2O2S/c13-10-3-4-12(11(14)6-10)19(17,18)16-8-9-2-1-5-15-7-9/h3-4,6,9,15-16H,1-2,5,7-8H2/t9-/m1/s1. The minimum Gasteiger partial charge on any atom is -0.316 e. The van der Waals surface area contributed by atoms with E-state index in [0.717, 1.165) is 30.4 Å². The van der Waals surface area contributed by atoms with Gasteiger partial charge in [-0.15, -0.1) is 0 Å². The van der Waals surface area contributed by atoms with Crippen LogP contribution >= 0.6 is 27.5 Å². The van der Waals surface area contributed by atoms with E-state index in [1.165, 1.54) is 6.07 Å². The Morgan fingerprint density at radius 3 is 2.89 bits per heavy atom. The fourth-order valence-electron chi connectivity index (χ4n) is 2.10. The molecule has 0 bridgehead atoms. The first-order chi connectivity index (χ1) is 8.99. The van der Waals surface area contributed by atoms with E-state index in [0.29, 0.717) is 12.5 Å². The lowest BCUT2D eigenvalue weighted by Gasteiger charge is -2.22. The molecule has 0 aliphatic carbocycles. The third-order valence-corrected chi connectivity index (χ3v) is 5.54. The molecule has 1 fully saturated rings. The summed E-state index contributed by atoms with van der Waals surface area (Å²) in [6.07, 6.45) is 2.13. The molecule has 1 heterocycles. The van der Waals surface area contributed by atoms with Gasteiger partial charge in [0.2, 0.25) is 10.0 Å². The van der Waals surface area contributed by atoms with Crippen LogP contribution < -0.4 is 10.0 Å². The predicted octanol–water partition coefficient (Wildman–Crippen LogP) is 2.38. The van der Waals surface area contributed by atoms with E-state index in [-0.39, 0.29) is 9.92 Å². The van der Waals surface area contributed by atoms with Gasteiger partial charge in [0.15, 0.2) is 0 Å². The number of sulfonamides is 1. The molecule has 2 rings (SSSR count). The molecule has 0 saturated carbocycles. The van der Waals surface area contributed by atoms with Crippen molar-refractivity contribution in [3.8, 4) is 0 Å². The Hall–Kier alpha value is -0.140. The maximum atomic E-state index is 12.2. The Bertz CT molecular complexity index is 545. The summed E-state index contributed by atoms with van der Waals surface area (Å²) in [7, 11) is -3.54. The van der Waals surface area contributed by atoms with Gasteiger partial charge in [0.25, 0.3) is 0 Å². The monoisotopic (exact) mass is 366 g/mol. The van der Waals surface area contributed by atoms with Crippen LogP contribution in [0.5, 0.6) is 0 Å². The second-order valence-electron chi connectivity index (χ2n) is 4.64. The Kier molecular flexibility index (Phi) is 5.25. The lowest BCUT2D eigenvalue weighted by Crippen LogP contribution is -2.38. The van der Waals surface area contributed by atoms with Crippen LogP contribution in [-0.4, -0.2) is 28.1 Å². The summed E-state index contributed by atoms with van der Waals surface area (Å²) < 4.78 is 27.7. The number of benzene rings is 1. The number of piperidine rings is 1. The van der Waals surface area contributed by atoms with Crippen molar-refractivity contribution in [3.63, 3.8) is 0 Å². The second-order valence-corrected chi connectivity index (χ2v) is 7.70. The molecule has 1 aromatic rings. The molecule has 0 aromatic heterocycles. The molecule has 0 spiro atoms. The molecule has 1 aliphatic rings. The summed E-state index contributed by atoms with van der Waals surface area (Å²) in [5, 5.41) is 3.49. The third-order valence-electron chi connectivity index (χ3n) is 3.14. The first-order valence-corrected chi connectivity index (χ1v) is 8.80. The van der Waals surface area contributed by atoms with Crippen molar-refractivity contribution in [3.05, 3.63) is 27.7 Å². The molecule has 0 amide bonds. The van der Waals surface area contributed by atoms with E-state index in [9.17, 15) is 8.42 Å². The van der Waals surface area contributed by atoms with E-state index in [1.54, 1.807) is 12.1 Å². The van der Waals surface area contributed by atoms with Crippen LogP contribution in [0, 0.1) is 5.92 Å². The van der Waals surface area contributed by atoms with Crippen LogP contribution in [0.3, 0.4) is 0 Å². The molecule has 0 unspecified atom stereocenters. The molecule has 106 valence electrons. The molecule has 7 heteroatoms. The highest BCUT2D eigenvalue weighted by Gasteiger charge is 2.20. The van der Waals surface area contributed by atoms with Crippen molar-refractivity contribution >= 4 is 37.6 Å². The van der Waals surface area contributed by atoms with Gasteiger partial charge in [-0.1, -0.05) is 27.5 Å². The fraction of sp³-hybridized carbons (Fsp3) is 0.500. The van der Waals surface area contributed by atoms with E-state index in [1.807, 2.05) is 0 Å². The van der Waals surface area contributed by atoms with Gasteiger partial charge in [-0.3, -0.25) is 0 Å². The van der Waals surface area contributed by atoms with Crippen molar-refractivity contribution in [2.75, 3.05) is 19.6 Å². The number of hydrogen-bond acceptors (Lipinski definition) is 3. The van der Waals surface area contributed by atoms with E-state index in [4.69, 9.17) is 11.6 Å². The summed E-state index contributed by atoms with van der Waals surface area (Å²) in [4.78, 5) is 0.126. The van der Waals surface area contributed by atoms with Crippen LogP contribution in [0.25, 0.3) is 0 Å².